The van der Waals surface area contributed by atoms with Crippen molar-refractivity contribution < 1.29 is 19.2 Å². The number of hydrogen-bond acceptors (Lipinski definition) is 5. The number of aromatic nitrogens is 1. The summed E-state index contributed by atoms with van der Waals surface area (Å²) in [4.78, 5) is 33.3. The van der Waals surface area contributed by atoms with Crippen molar-refractivity contribution in [2.75, 3.05) is 7.11 Å². The van der Waals surface area contributed by atoms with Gasteiger partial charge in [0.15, 0.2) is 12.4 Å². The molecule has 0 aliphatic carbocycles. The monoisotopic (exact) mass is 234 g/mol. The van der Waals surface area contributed by atoms with Crippen molar-refractivity contribution in [2.45, 2.75) is 0 Å². The van der Waals surface area contributed by atoms with E-state index in [1.54, 1.807) is 0 Å². The largest absolute Gasteiger partial charge is 0.499 e. The molecule has 0 unspecified atom stereocenters. The number of hydrogen-bond donors (Lipinski definition) is 1. The van der Waals surface area contributed by atoms with Crippen LogP contribution in [0.1, 0.15) is 10.4 Å². The fraction of sp³-hybridized carbons (Fsp3) is 0.0909. The van der Waals surface area contributed by atoms with Crippen LogP contribution in [0, 0.1) is 0 Å². The SMILES string of the molecule is COC(=O)c1ccc[n+](-c2c(O)c(=O)c2=O)c1. The lowest BCUT2D eigenvalue weighted by Gasteiger charge is -2.01. The molecule has 0 atom stereocenters. The maximum Gasteiger partial charge on any atom is 0.343 e. The second kappa shape index (κ2) is 3.82. The summed E-state index contributed by atoms with van der Waals surface area (Å²) in [5.74, 6) is -1.17. The summed E-state index contributed by atoms with van der Waals surface area (Å²) in [7, 11) is 1.23. The minimum absolute atomic E-state index is 0.138. The van der Waals surface area contributed by atoms with Gasteiger partial charge >= 0.3 is 17.1 Å². The smallest absolute Gasteiger partial charge is 0.343 e. The summed E-state index contributed by atoms with van der Waals surface area (Å²) >= 11 is 0. The van der Waals surface area contributed by atoms with E-state index in [1.165, 1.54) is 36.2 Å². The Morgan fingerprint density at radius 3 is 2.65 bits per heavy atom. The topological polar surface area (TPSA) is 84.5 Å². The molecular formula is C11H8NO5+. The number of carbonyl (C=O) groups is 1. The lowest BCUT2D eigenvalue weighted by atomic mass is 10.2. The predicted octanol–water partition coefficient (Wildman–Crippen LogP) is -0.949. The van der Waals surface area contributed by atoms with Crippen LogP contribution in [-0.4, -0.2) is 18.2 Å². The van der Waals surface area contributed by atoms with E-state index in [0.29, 0.717) is 0 Å². The molecule has 0 fully saturated rings. The van der Waals surface area contributed by atoms with Gasteiger partial charge in [-0.3, -0.25) is 9.59 Å². The number of carbonyl (C=O) groups excluding carboxylic acids is 1. The first-order chi connectivity index (χ1) is 8.06. The van der Waals surface area contributed by atoms with Crippen molar-refractivity contribution in [2.24, 2.45) is 0 Å². The highest BCUT2D eigenvalue weighted by Gasteiger charge is 2.29. The van der Waals surface area contributed by atoms with Gasteiger partial charge in [-0.25, -0.2) is 4.79 Å². The maximum absolute atomic E-state index is 11.3. The van der Waals surface area contributed by atoms with E-state index in [0.717, 1.165) is 0 Å². The minimum Gasteiger partial charge on any atom is -0.499 e. The molecule has 6 nitrogen and oxygen atoms in total. The molecule has 2 rings (SSSR count). The van der Waals surface area contributed by atoms with E-state index < -0.39 is 22.6 Å². The number of esters is 1. The third-order valence-electron chi connectivity index (χ3n) is 2.34. The van der Waals surface area contributed by atoms with E-state index in [1.807, 2.05) is 0 Å². The van der Waals surface area contributed by atoms with Crippen LogP contribution >= 0.6 is 0 Å². The first-order valence-corrected chi connectivity index (χ1v) is 4.68. The van der Waals surface area contributed by atoms with Crippen LogP contribution in [0.4, 0.5) is 0 Å². The Kier molecular flexibility index (Phi) is 2.47. The van der Waals surface area contributed by atoms with Crippen molar-refractivity contribution in [3.05, 3.63) is 50.5 Å². The first-order valence-electron chi connectivity index (χ1n) is 4.68. The van der Waals surface area contributed by atoms with Crippen LogP contribution in [0.3, 0.4) is 0 Å². The van der Waals surface area contributed by atoms with Gasteiger partial charge in [0.25, 0.3) is 5.43 Å². The number of nitrogens with zero attached hydrogens (tertiary/aromatic N) is 1. The molecular weight excluding hydrogens is 226 g/mol. The predicted molar refractivity (Wildman–Crippen MR) is 55.9 cm³/mol. The van der Waals surface area contributed by atoms with Gasteiger partial charge in [0, 0.05) is 6.07 Å². The molecule has 1 aromatic heterocycles. The standard InChI is InChI=1S/C11H7NO5/c1-17-11(16)6-3-2-4-12(5-6)7-8(13)10(15)9(7)14/h2-5H,1H3/p+1. The third-order valence-corrected chi connectivity index (χ3v) is 2.34. The Morgan fingerprint density at radius 1 is 1.35 bits per heavy atom. The number of methoxy groups -OCH3 is 1. The molecule has 1 N–H and O–H groups in total. The summed E-state index contributed by atoms with van der Waals surface area (Å²) < 4.78 is 5.73. The molecule has 0 saturated carbocycles. The maximum atomic E-state index is 11.3. The van der Waals surface area contributed by atoms with Crippen molar-refractivity contribution >= 4 is 5.97 Å². The van der Waals surface area contributed by atoms with Crippen LogP contribution in [-0.2, 0) is 4.74 Å². The van der Waals surface area contributed by atoms with Crippen molar-refractivity contribution in [1.29, 1.82) is 0 Å². The fourth-order valence-electron chi connectivity index (χ4n) is 1.46. The molecule has 17 heavy (non-hydrogen) atoms. The number of rotatable bonds is 2. The summed E-state index contributed by atoms with van der Waals surface area (Å²) in [5.41, 5.74) is -1.63. The van der Waals surface area contributed by atoms with E-state index in [2.05, 4.69) is 4.74 Å². The Bertz CT molecular complexity index is 667. The Labute approximate surface area is 95.0 Å². The van der Waals surface area contributed by atoms with Crippen molar-refractivity contribution in [3.8, 4) is 11.4 Å². The molecule has 6 heteroatoms. The van der Waals surface area contributed by atoms with Gasteiger partial charge < -0.3 is 9.84 Å². The number of ether oxygens (including phenoxy) is 1. The van der Waals surface area contributed by atoms with E-state index >= 15 is 0 Å². The normalized spacial score (nSPS) is 10.4. The lowest BCUT2D eigenvalue weighted by Crippen LogP contribution is -2.47. The highest BCUT2D eigenvalue weighted by Crippen LogP contribution is 2.08. The molecule has 0 radical (unpaired) electrons. The van der Waals surface area contributed by atoms with Crippen LogP contribution < -0.4 is 15.4 Å². The van der Waals surface area contributed by atoms with E-state index in [9.17, 15) is 19.5 Å². The average Bonchev–Trinajstić information content (AvgIpc) is 2.38. The van der Waals surface area contributed by atoms with Crippen LogP contribution in [0.15, 0.2) is 34.1 Å². The van der Waals surface area contributed by atoms with Crippen molar-refractivity contribution in [1.82, 2.24) is 0 Å². The molecule has 0 aliphatic heterocycles. The summed E-state index contributed by atoms with van der Waals surface area (Å²) in [5, 5.41) is 9.26. The number of pyridine rings is 1. The molecule has 1 aromatic carbocycles. The van der Waals surface area contributed by atoms with Gasteiger partial charge in [0.05, 0.1) is 7.11 Å². The molecule has 2 aromatic rings. The summed E-state index contributed by atoms with van der Waals surface area (Å²) in [6.07, 6.45) is 2.75. The molecule has 1 heterocycles. The Balaban J connectivity index is 2.52. The Morgan fingerprint density at radius 2 is 2.06 bits per heavy atom. The molecule has 0 amide bonds. The van der Waals surface area contributed by atoms with Gasteiger partial charge in [0.2, 0.25) is 5.75 Å². The van der Waals surface area contributed by atoms with Crippen LogP contribution in [0.2, 0.25) is 0 Å². The van der Waals surface area contributed by atoms with Gasteiger partial charge in [-0.1, -0.05) is 0 Å². The van der Waals surface area contributed by atoms with Crippen molar-refractivity contribution in [3.63, 3.8) is 0 Å². The number of aromatic hydroxyl groups is 1. The minimum atomic E-state index is -0.920. The summed E-state index contributed by atoms with van der Waals surface area (Å²) in [6.45, 7) is 0. The quantitative estimate of drug-likeness (QED) is 0.411. The molecule has 86 valence electrons. The van der Waals surface area contributed by atoms with Crippen LogP contribution in [0.25, 0.3) is 5.69 Å². The molecule has 0 spiro atoms. The highest BCUT2D eigenvalue weighted by atomic mass is 16.5. The molecule has 0 bridgehead atoms. The summed E-state index contributed by atoms with van der Waals surface area (Å²) in [6, 6.07) is 2.99. The highest BCUT2D eigenvalue weighted by molar-refractivity contribution is 5.88. The van der Waals surface area contributed by atoms with Gasteiger partial charge in [-0.15, -0.1) is 0 Å². The second-order valence-electron chi connectivity index (χ2n) is 3.35. The Hall–Kier alpha value is -2.50. The molecule has 0 aliphatic rings. The van der Waals surface area contributed by atoms with Gasteiger partial charge in [-0.2, -0.15) is 4.57 Å². The van der Waals surface area contributed by atoms with E-state index in [-0.39, 0.29) is 11.3 Å². The fourth-order valence-corrected chi connectivity index (χ4v) is 1.46. The average molecular weight is 234 g/mol. The lowest BCUT2D eigenvalue weighted by molar-refractivity contribution is -0.598. The van der Waals surface area contributed by atoms with Gasteiger partial charge in [0.1, 0.15) is 5.56 Å². The third kappa shape index (κ3) is 1.59. The zero-order chi connectivity index (χ0) is 12.6. The zero-order valence-electron chi connectivity index (χ0n) is 8.84. The second-order valence-corrected chi connectivity index (χ2v) is 3.35. The molecule has 0 saturated heterocycles. The van der Waals surface area contributed by atoms with Crippen LogP contribution in [0.5, 0.6) is 5.75 Å². The van der Waals surface area contributed by atoms with E-state index in [4.69, 9.17) is 0 Å². The first kappa shape index (κ1) is 11.0. The van der Waals surface area contributed by atoms with Gasteiger partial charge in [-0.05, 0) is 6.07 Å². The zero-order valence-corrected chi connectivity index (χ0v) is 8.84.